The summed E-state index contributed by atoms with van der Waals surface area (Å²) in [6.45, 7) is 7.83. The maximum atomic E-state index is 5.84. The van der Waals surface area contributed by atoms with Crippen molar-refractivity contribution in [1.82, 2.24) is 9.88 Å². The fourth-order valence-electron chi connectivity index (χ4n) is 1.98. The number of anilines is 2. The molecule has 2 heterocycles. The molecule has 18 heavy (non-hydrogen) atoms. The van der Waals surface area contributed by atoms with Gasteiger partial charge in [-0.3, -0.25) is 4.90 Å². The third-order valence-electron chi connectivity index (χ3n) is 3.21. The lowest BCUT2D eigenvalue weighted by Crippen LogP contribution is -2.37. The summed E-state index contributed by atoms with van der Waals surface area (Å²) in [6, 6.07) is 1.89. The third kappa shape index (κ3) is 3.85. The van der Waals surface area contributed by atoms with Gasteiger partial charge in [-0.15, -0.1) is 0 Å². The second-order valence-corrected chi connectivity index (χ2v) is 4.66. The van der Waals surface area contributed by atoms with Crippen molar-refractivity contribution in [3.8, 4) is 0 Å². The van der Waals surface area contributed by atoms with Gasteiger partial charge in [0, 0.05) is 37.6 Å². The molecule has 0 amide bonds. The molecule has 3 N–H and O–H groups in total. The molecule has 1 saturated heterocycles. The number of nitrogens with zero attached hydrogens (tertiary/aromatic N) is 2. The molecule has 0 bridgehead atoms. The van der Waals surface area contributed by atoms with E-state index in [2.05, 4.69) is 15.2 Å². The molecule has 2 rings (SSSR count). The van der Waals surface area contributed by atoms with Crippen LogP contribution in [-0.2, 0) is 4.74 Å². The quantitative estimate of drug-likeness (QED) is 0.766. The SMILES string of the molecule is Cc1cnc(NCCCN2CCOCC2)cc1N. The van der Waals surface area contributed by atoms with Crippen LogP contribution < -0.4 is 11.1 Å². The molecule has 0 aromatic carbocycles. The van der Waals surface area contributed by atoms with Crippen molar-refractivity contribution in [1.29, 1.82) is 0 Å². The first-order valence-electron chi connectivity index (χ1n) is 6.52. The number of nitrogens with two attached hydrogens (primary N) is 1. The lowest BCUT2D eigenvalue weighted by atomic mass is 10.2. The fraction of sp³-hybridized carbons (Fsp3) is 0.615. The second-order valence-electron chi connectivity index (χ2n) is 4.66. The molecule has 0 saturated carbocycles. The Kier molecular flexibility index (Phi) is 4.78. The predicted octanol–water partition coefficient (Wildman–Crippen LogP) is 1.11. The van der Waals surface area contributed by atoms with E-state index >= 15 is 0 Å². The maximum Gasteiger partial charge on any atom is 0.127 e. The average molecular weight is 250 g/mol. The standard InChI is InChI=1S/C13H22N4O/c1-11-10-16-13(9-12(11)14)15-3-2-4-17-5-7-18-8-6-17/h9-10H,2-8H2,1H3,(H3,14,15,16). The van der Waals surface area contributed by atoms with Crippen LogP contribution in [0.2, 0.25) is 0 Å². The summed E-state index contributed by atoms with van der Waals surface area (Å²) in [4.78, 5) is 6.73. The molecule has 1 aromatic rings. The van der Waals surface area contributed by atoms with Gasteiger partial charge in [-0.05, 0) is 25.5 Å². The highest BCUT2D eigenvalue weighted by Gasteiger charge is 2.09. The number of hydrogen-bond acceptors (Lipinski definition) is 5. The second kappa shape index (κ2) is 6.56. The van der Waals surface area contributed by atoms with Gasteiger partial charge in [-0.25, -0.2) is 4.98 Å². The van der Waals surface area contributed by atoms with Crippen LogP contribution in [-0.4, -0.2) is 49.3 Å². The van der Waals surface area contributed by atoms with Crippen molar-refractivity contribution in [2.24, 2.45) is 0 Å². The van der Waals surface area contributed by atoms with E-state index in [9.17, 15) is 0 Å². The van der Waals surface area contributed by atoms with Crippen LogP contribution in [0.5, 0.6) is 0 Å². The van der Waals surface area contributed by atoms with Crippen molar-refractivity contribution in [2.75, 3.05) is 50.4 Å². The first-order valence-corrected chi connectivity index (χ1v) is 6.52. The number of rotatable bonds is 5. The summed E-state index contributed by atoms with van der Waals surface area (Å²) in [5, 5.41) is 3.30. The number of morpholine rings is 1. The summed E-state index contributed by atoms with van der Waals surface area (Å²) < 4.78 is 5.32. The Balaban J connectivity index is 1.66. The largest absolute Gasteiger partial charge is 0.398 e. The highest BCUT2D eigenvalue weighted by Crippen LogP contribution is 2.13. The zero-order valence-electron chi connectivity index (χ0n) is 11.0. The molecule has 1 aliphatic rings. The van der Waals surface area contributed by atoms with Crippen LogP contribution in [0.3, 0.4) is 0 Å². The highest BCUT2D eigenvalue weighted by atomic mass is 16.5. The topological polar surface area (TPSA) is 63.4 Å². The molecule has 1 aliphatic heterocycles. The van der Waals surface area contributed by atoms with Crippen molar-refractivity contribution >= 4 is 11.5 Å². The van der Waals surface area contributed by atoms with Crippen molar-refractivity contribution in [2.45, 2.75) is 13.3 Å². The molecule has 0 aliphatic carbocycles. The van der Waals surface area contributed by atoms with Gasteiger partial charge in [-0.1, -0.05) is 0 Å². The summed E-state index contributed by atoms with van der Waals surface area (Å²) in [6.07, 6.45) is 2.91. The molecule has 1 aromatic heterocycles. The van der Waals surface area contributed by atoms with Gasteiger partial charge < -0.3 is 15.8 Å². The van der Waals surface area contributed by atoms with E-state index in [0.717, 1.165) is 62.9 Å². The Bertz CT molecular complexity index is 377. The summed E-state index contributed by atoms with van der Waals surface area (Å²) in [5.74, 6) is 0.861. The van der Waals surface area contributed by atoms with Crippen LogP contribution in [0.1, 0.15) is 12.0 Å². The van der Waals surface area contributed by atoms with Gasteiger partial charge in [0.15, 0.2) is 0 Å². The number of ether oxygens (including phenoxy) is 1. The van der Waals surface area contributed by atoms with Crippen LogP contribution in [0.25, 0.3) is 0 Å². The Morgan fingerprint density at radius 1 is 1.44 bits per heavy atom. The third-order valence-corrected chi connectivity index (χ3v) is 3.21. The number of aromatic nitrogens is 1. The van der Waals surface area contributed by atoms with Crippen LogP contribution in [0.4, 0.5) is 11.5 Å². The molecule has 5 nitrogen and oxygen atoms in total. The van der Waals surface area contributed by atoms with Gasteiger partial charge in [-0.2, -0.15) is 0 Å². The van der Waals surface area contributed by atoms with Crippen LogP contribution >= 0.6 is 0 Å². The van der Waals surface area contributed by atoms with Crippen molar-refractivity contribution < 1.29 is 4.74 Å². The van der Waals surface area contributed by atoms with Gasteiger partial charge >= 0.3 is 0 Å². The number of aryl methyl sites for hydroxylation is 1. The van der Waals surface area contributed by atoms with E-state index < -0.39 is 0 Å². The normalized spacial score (nSPS) is 16.7. The Morgan fingerprint density at radius 3 is 2.94 bits per heavy atom. The van der Waals surface area contributed by atoms with Crippen molar-refractivity contribution in [3.05, 3.63) is 17.8 Å². The van der Waals surface area contributed by atoms with Gasteiger partial charge in [0.1, 0.15) is 5.82 Å². The minimum Gasteiger partial charge on any atom is -0.398 e. The van der Waals surface area contributed by atoms with E-state index in [1.165, 1.54) is 0 Å². The smallest absolute Gasteiger partial charge is 0.127 e. The Hall–Kier alpha value is -1.33. The lowest BCUT2D eigenvalue weighted by molar-refractivity contribution is 0.0378. The van der Waals surface area contributed by atoms with Gasteiger partial charge in [0.25, 0.3) is 0 Å². The number of nitrogens with one attached hydrogen (secondary N) is 1. The molecule has 0 unspecified atom stereocenters. The number of pyridine rings is 1. The van der Waals surface area contributed by atoms with E-state index in [1.807, 2.05) is 13.0 Å². The molecule has 1 fully saturated rings. The molecule has 0 atom stereocenters. The zero-order valence-corrected chi connectivity index (χ0v) is 11.0. The molecule has 0 spiro atoms. The Labute approximate surface area is 108 Å². The average Bonchev–Trinajstić information content (AvgIpc) is 2.40. The minimum absolute atomic E-state index is 0.792. The van der Waals surface area contributed by atoms with Gasteiger partial charge in [0.2, 0.25) is 0 Å². The summed E-state index contributed by atoms with van der Waals surface area (Å²) in [7, 11) is 0. The maximum absolute atomic E-state index is 5.84. The van der Waals surface area contributed by atoms with E-state index in [4.69, 9.17) is 10.5 Å². The van der Waals surface area contributed by atoms with E-state index in [0.29, 0.717) is 0 Å². The van der Waals surface area contributed by atoms with E-state index in [1.54, 1.807) is 6.20 Å². The minimum atomic E-state index is 0.792. The number of hydrogen-bond donors (Lipinski definition) is 2. The monoisotopic (exact) mass is 250 g/mol. The first-order chi connectivity index (χ1) is 8.75. The first kappa shape index (κ1) is 13.1. The van der Waals surface area contributed by atoms with E-state index in [-0.39, 0.29) is 0 Å². The Morgan fingerprint density at radius 2 is 2.22 bits per heavy atom. The highest BCUT2D eigenvalue weighted by molar-refractivity contribution is 5.53. The van der Waals surface area contributed by atoms with Crippen LogP contribution in [0, 0.1) is 6.92 Å². The summed E-state index contributed by atoms with van der Waals surface area (Å²) in [5.41, 5.74) is 7.65. The molecule has 5 heteroatoms. The molecular formula is C13H22N4O. The van der Waals surface area contributed by atoms with Gasteiger partial charge in [0.05, 0.1) is 13.2 Å². The van der Waals surface area contributed by atoms with Crippen LogP contribution in [0.15, 0.2) is 12.3 Å². The zero-order chi connectivity index (χ0) is 12.8. The summed E-state index contributed by atoms with van der Waals surface area (Å²) >= 11 is 0. The molecule has 0 radical (unpaired) electrons. The predicted molar refractivity (Wildman–Crippen MR) is 73.8 cm³/mol. The fourth-order valence-corrected chi connectivity index (χ4v) is 1.98. The molecular weight excluding hydrogens is 228 g/mol. The van der Waals surface area contributed by atoms with Crippen molar-refractivity contribution in [3.63, 3.8) is 0 Å². The molecule has 100 valence electrons. The lowest BCUT2D eigenvalue weighted by Gasteiger charge is -2.26. The number of nitrogen functional groups attached to an aromatic ring is 1.